The van der Waals surface area contributed by atoms with Crippen molar-refractivity contribution in [2.24, 2.45) is 5.92 Å². The van der Waals surface area contributed by atoms with Gasteiger partial charge in [-0.25, -0.2) is 0 Å². The Hall–Kier alpha value is -2.49. The minimum absolute atomic E-state index is 0.0633. The van der Waals surface area contributed by atoms with Crippen LogP contribution in [0.5, 0.6) is 0 Å². The highest BCUT2D eigenvalue weighted by Crippen LogP contribution is 2.21. The van der Waals surface area contributed by atoms with Crippen molar-refractivity contribution in [3.05, 3.63) is 60.0 Å². The Kier molecular flexibility index (Phi) is 3.52. The molecule has 0 saturated carbocycles. The predicted molar refractivity (Wildman–Crippen MR) is 82.2 cm³/mol. The van der Waals surface area contributed by atoms with Gasteiger partial charge in [0.1, 0.15) is 5.69 Å². The molecule has 0 atom stereocenters. The molecule has 106 valence electrons. The van der Waals surface area contributed by atoms with E-state index < -0.39 is 0 Å². The van der Waals surface area contributed by atoms with Crippen LogP contribution in [0, 0.1) is 5.92 Å². The van der Waals surface area contributed by atoms with Crippen LogP contribution >= 0.6 is 0 Å². The number of hydrogen-bond acceptors (Lipinski definition) is 3. The van der Waals surface area contributed by atoms with Gasteiger partial charge >= 0.3 is 0 Å². The molecule has 0 saturated heterocycles. The first-order valence-electron chi connectivity index (χ1n) is 7.06. The van der Waals surface area contributed by atoms with Gasteiger partial charge in [-0.3, -0.25) is 14.5 Å². The zero-order valence-electron chi connectivity index (χ0n) is 12.2. The lowest BCUT2D eigenvalue weighted by molar-refractivity contribution is 0.0935. The number of Topliss-reactive ketones (excluding diaryl/α,β-unsaturated/α-hetero) is 1. The fourth-order valence-corrected chi connectivity index (χ4v) is 2.35. The van der Waals surface area contributed by atoms with Crippen LogP contribution in [0.15, 0.2) is 48.7 Å². The van der Waals surface area contributed by atoms with E-state index in [2.05, 4.69) is 10.1 Å². The summed E-state index contributed by atoms with van der Waals surface area (Å²) in [6.07, 6.45) is 1.77. The maximum absolute atomic E-state index is 12.3. The summed E-state index contributed by atoms with van der Waals surface area (Å²) in [6.45, 7) is 4.36. The quantitative estimate of drug-likeness (QED) is 0.688. The summed E-state index contributed by atoms with van der Waals surface area (Å²) >= 11 is 0. The van der Waals surface area contributed by atoms with Crippen LogP contribution in [0.3, 0.4) is 0 Å². The minimum Gasteiger partial charge on any atom is -0.292 e. The molecule has 2 aromatic heterocycles. The van der Waals surface area contributed by atoms with E-state index in [9.17, 15) is 4.79 Å². The van der Waals surface area contributed by atoms with Crippen molar-refractivity contribution >= 4 is 16.7 Å². The summed E-state index contributed by atoms with van der Waals surface area (Å²) in [5.41, 5.74) is 2.44. The molecule has 0 radical (unpaired) electrons. The largest absolute Gasteiger partial charge is 0.292 e. The van der Waals surface area contributed by atoms with E-state index in [1.165, 1.54) is 0 Å². The van der Waals surface area contributed by atoms with Gasteiger partial charge < -0.3 is 0 Å². The lowest BCUT2D eigenvalue weighted by Crippen LogP contribution is -2.10. The SMILES string of the molecule is CC(C)C(=O)c1nn(Cc2ccccn2)c2ccccc12. The van der Waals surface area contributed by atoms with Gasteiger partial charge in [-0.05, 0) is 18.2 Å². The van der Waals surface area contributed by atoms with Crippen molar-refractivity contribution < 1.29 is 4.79 Å². The Labute approximate surface area is 123 Å². The van der Waals surface area contributed by atoms with E-state index >= 15 is 0 Å². The molecule has 0 aliphatic carbocycles. The minimum atomic E-state index is -0.0633. The first-order valence-corrected chi connectivity index (χ1v) is 7.06. The third-order valence-electron chi connectivity index (χ3n) is 3.45. The third kappa shape index (κ3) is 2.57. The maximum Gasteiger partial charge on any atom is 0.186 e. The average molecular weight is 279 g/mol. The standard InChI is InChI=1S/C17H17N3O/c1-12(2)17(21)16-14-8-3-4-9-15(14)20(19-16)11-13-7-5-6-10-18-13/h3-10,12H,11H2,1-2H3. The van der Waals surface area contributed by atoms with Crippen molar-refractivity contribution in [3.63, 3.8) is 0 Å². The molecule has 0 fully saturated rings. The molecule has 2 heterocycles. The van der Waals surface area contributed by atoms with Crippen LogP contribution < -0.4 is 0 Å². The molecular formula is C17H17N3O. The second-order valence-electron chi connectivity index (χ2n) is 5.36. The Bertz CT molecular complexity index is 775. The number of rotatable bonds is 4. The highest BCUT2D eigenvalue weighted by molar-refractivity contribution is 6.06. The number of para-hydroxylation sites is 1. The fraction of sp³-hybridized carbons (Fsp3) is 0.235. The van der Waals surface area contributed by atoms with Crippen LogP contribution in [0.1, 0.15) is 30.0 Å². The summed E-state index contributed by atoms with van der Waals surface area (Å²) < 4.78 is 1.85. The molecule has 3 rings (SSSR count). The Balaban J connectivity index is 2.09. The van der Waals surface area contributed by atoms with Crippen LogP contribution in [0.4, 0.5) is 0 Å². The number of carbonyl (C=O) groups is 1. The van der Waals surface area contributed by atoms with E-state index in [4.69, 9.17) is 0 Å². The lowest BCUT2D eigenvalue weighted by atomic mass is 10.0. The molecule has 0 unspecified atom stereocenters. The zero-order valence-corrected chi connectivity index (χ0v) is 12.2. The number of aromatic nitrogens is 3. The predicted octanol–water partition coefficient (Wildman–Crippen LogP) is 3.32. The molecule has 0 spiro atoms. The van der Waals surface area contributed by atoms with Crippen LogP contribution in [-0.2, 0) is 6.54 Å². The van der Waals surface area contributed by atoms with Gasteiger partial charge in [0, 0.05) is 17.5 Å². The number of hydrogen-bond donors (Lipinski definition) is 0. The molecule has 21 heavy (non-hydrogen) atoms. The number of fused-ring (bicyclic) bond motifs is 1. The van der Waals surface area contributed by atoms with Crippen molar-refractivity contribution in [1.29, 1.82) is 0 Å². The van der Waals surface area contributed by atoms with Gasteiger partial charge in [0.05, 0.1) is 17.8 Å². The first kappa shape index (κ1) is 13.5. The van der Waals surface area contributed by atoms with Gasteiger partial charge in [0.2, 0.25) is 0 Å². The van der Waals surface area contributed by atoms with Gasteiger partial charge in [-0.1, -0.05) is 38.1 Å². The molecule has 0 aliphatic heterocycles. The van der Waals surface area contributed by atoms with E-state index in [1.54, 1.807) is 6.20 Å². The summed E-state index contributed by atoms with van der Waals surface area (Å²) in [6, 6.07) is 13.6. The first-order chi connectivity index (χ1) is 10.2. The fourth-order valence-electron chi connectivity index (χ4n) is 2.35. The monoisotopic (exact) mass is 279 g/mol. The molecule has 1 aromatic carbocycles. The summed E-state index contributed by atoms with van der Waals surface area (Å²) in [7, 11) is 0. The van der Waals surface area contributed by atoms with Crippen LogP contribution in [0.2, 0.25) is 0 Å². The number of carbonyl (C=O) groups excluding carboxylic acids is 1. The smallest absolute Gasteiger partial charge is 0.186 e. The summed E-state index contributed by atoms with van der Waals surface area (Å²) in [5, 5.41) is 5.44. The Morgan fingerprint density at radius 3 is 2.62 bits per heavy atom. The lowest BCUT2D eigenvalue weighted by Gasteiger charge is -2.02. The number of benzene rings is 1. The van der Waals surface area contributed by atoms with Crippen molar-refractivity contribution in [2.75, 3.05) is 0 Å². The van der Waals surface area contributed by atoms with E-state index in [0.717, 1.165) is 16.6 Å². The van der Waals surface area contributed by atoms with E-state index in [1.807, 2.05) is 61.0 Å². The van der Waals surface area contributed by atoms with Crippen LogP contribution in [0.25, 0.3) is 10.9 Å². The molecule has 4 heteroatoms. The third-order valence-corrected chi connectivity index (χ3v) is 3.45. The number of nitrogens with zero attached hydrogens (tertiary/aromatic N) is 3. The molecular weight excluding hydrogens is 262 g/mol. The average Bonchev–Trinajstić information content (AvgIpc) is 2.86. The molecule has 0 aliphatic rings. The van der Waals surface area contributed by atoms with Gasteiger partial charge in [-0.2, -0.15) is 5.10 Å². The highest BCUT2D eigenvalue weighted by Gasteiger charge is 2.19. The number of pyridine rings is 1. The van der Waals surface area contributed by atoms with Crippen molar-refractivity contribution in [3.8, 4) is 0 Å². The van der Waals surface area contributed by atoms with Crippen molar-refractivity contribution in [1.82, 2.24) is 14.8 Å². The van der Waals surface area contributed by atoms with Gasteiger partial charge in [0.15, 0.2) is 5.78 Å². The molecule has 3 aromatic rings. The normalized spacial score (nSPS) is 11.2. The maximum atomic E-state index is 12.3. The topological polar surface area (TPSA) is 47.8 Å². The highest BCUT2D eigenvalue weighted by atomic mass is 16.1. The van der Waals surface area contributed by atoms with Crippen LogP contribution in [-0.4, -0.2) is 20.5 Å². The van der Waals surface area contributed by atoms with E-state index in [-0.39, 0.29) is 11.7 Å². The second-order valence-corrected chi connectivity index (χ2v) is 5.36. The molecule has 0 bridgehead atoms. The molecule has 4 nitrogen and oxygen atoms in total. The Morgan fingerprint density at radius 1 is 1.14 bits per heavy atom. The van der Waals surface area contributed by atoms with Gasteiger partial charge in [-0.15, -0.1) is 0 Å². The van der Waals surface area contributed by atoms with Crippen molar-refractivity contribution in [2.45, 2.75) is 20.4 Å². The summed E-state index contributed by atoms with van der Waals surface area (Å²) in [5.74, 6) is 0.0116. The number of ketones is 1. The summed E-state index contributed by atoms with van der Waals surface area (Å²) in [4.78, 5) is 16.7. The Morgan fingerprint density at radius 2 is 1.90 bits per heavy atom. The molecule has 0 amide bonds. The second kappa shape index (κ2) is 5.48. The zero-order chi connectivity index (χ0) is 14.8. The van der Waals surface area contributed by atoms with Gasteiger partial charge in [0.25, 0.3) is 0 Å². The molecule has 0 N–H and O–H groups in total. The van der Waals surface area contributed by atoms with E-state index in [0.29, 0.717) is 12.2 Å².